The molecule has 9 heteroatoms. The maximum absolute atomic E-state index is 13.4. The molecular formula is C27H34ClN3O5. The monoisotopic (exact) mass is 515 g/mol. The van der Waals surface area contributed by atoms with Gasteiger partial charge in [0.15, 0.2) is 0 Å². The van der Waals surface area contributed by atoms with Gasteiger partial charge in [0.2, 0.25) is 0 Å². The number of hydrogen-bond acceptors (Lipinski definition) is 7. The van der Waals surface area contributed by atoms with E-state index in [4.69, 9.17) is 21.2 Å². The maximum Gasteiger partial charge on any atom is 0.303 e. The fraction of sp³-hybridized carbons (Fsp3) is 0.593. The van der Waals surface area contributed by atoms with E-state index in [2.05, 4.69) is 22.8 Å². The van der Waals surface area contributed by atoms with Crippen molar-refractivity contribution in [1.29, 1.82) is 0 Å². The zero-order chi connectivity index (χ0) is 25.6. The van der Waals surface area contributed by atoms with Crippen molar-refractivity contribution in [1.82, 2.24) is 9.96 Å². The number of halogens is 1. The molecule has 1 saturated carbocycles. The first-order valence-electron chi connectivity index (χ1n) is 12.8. The Hall–Kier alpha value is -2.42. The fourth-order valence-corrected chi connectivity index (χ4v) is 7.07. The summed E-state index contributed by atoms with van der Waals surface area (Å²) in [6.07, 6.45) is 3.15. The van der Waals surface area contributed by atoms with Crippen molar-refractivity contribution < 1.29 is 24.0 Å². The Morgan fingerprint density at radius 1 is 1.14 bits per heavy atom. The van der Waals surface area contributed by atoms with Gasteiger partial charge in [0.25, 0.3) is 11.8 Å². The van der Waals surface area contributed by atoms with Crippen LogP contribution in [-0.4, -0.2) is 72.7 Å². The summed E-state index contributed by atoms with van der Waals surface area (Å²) >= 11 is 6.13. The summed E-state index contributed by atoms with van der Waals surface area (Å²) in [5.41, 5.74) is 1.08. The van der Waals surface area contributed by atoms with Gasteiger partial charge in [-0.15, -0.1) is 0 Å². The molecule has 36 heavy (non-hydrogen) atoms. The quantitative estimate of drug-likeness (QED) is 0.238. The predicted molar refractivity (Wildman–Crippen MR) is 135 cm³/mol. The number of piperazine rings is 1. The number of imide groups is 1. The van der Waals surface area contributed by atoms with Gasteiger partial charge in [-0.05, 0) is 55.9 Å². The Bertz CT molecular complexity index is 1080. The van der Waals surface area contributed by atoms with Gasteiger partial charge in [-0.1, -0.05) is 30.2 Å². The molecule has 0 radical (unpaired) electrons. The highest BCUT2D eigenvalue weighted by Crippen LogP contribution is 2.58. The van der Waals surface area contributed by atoms with E-state index in [1.807, 2.05) is 31.2 Å². The van der Waals surface area contributed by atoms with Crippen LogP contribution in [0.5, 0.6) is 0 Å². The minimum absolute atomic E-state index is 0.0340. The number of anilines is 1. The lowest BCUT2D eigenvalue weighted by molar-refractivity contribution is -0.191. The van der Waals surface area contributed by atoms with E-state index in [0.717, 1.165) is 54.1 Å². The van der Waals surface area contributed by atoms with Gasteiger partial charge in [-0.3, -0.25) is 24.1 Å². The highest BCUT2D eigenvalue weighted by molar-refractivity contribution is 6.30. The first-order chi connectivity index (χ1) is 17.2. The van der Waals surface area contributed by atoms with E-state index in [0.29, 0.717) is 12.8 Å². The van der Waals surface area contributed by atoms with E-state index in [1.165, 1.54) is 6.92 Å². The average Bonchev–Trinajstić information content (AvgIpc) is 3.07. The zero-order valence-corrected chi connectivity index (χ0v) is 21.9. The summed E-state index contributed by atoms with van der Waals surface area (Å²) in [5.74, 6) is -2.28. The van der Waals surface area contributed by atoms with Crippen molar-refractivity contribution in [2.24, 2.45) is 23.7 Å². The van der Waals surface area contributed by atoms with Crippen LogP contribution in [0.1, 0.15) is 33.6 Å². The highest BCUT2D eigenvalue weighted by atomic mass is 35.5. The number of nitrogens with zero attached hydrogens (tertiary/aromatic N) is 3. The molecule has 0 aromatic heterocycles. The van der Waals surface area contributed by atoms with Crippen molar-refractivity contribution in [3.63, 3.8) is 0 Å². The molecule has 2 aliphatic heterocycles. The number of esters is 1. The Morgan fingerprint density at radius 2 is 1.89 bits per heavy atom. The first kappa shape index (κ1) is 25.2. The number of benzene rings is 1. The molecule has 194 valence electrons. The molecule has 0 spiro atoms. The van der Waals surface area contributed by atoms with Crippen molar-refractivity contribution in [2.45, 2.75) is 39.2 Å². The molecule has 5 aliphatic rings. The summed E-state index contributed by atoms with van der Waals surface area (Å²) in [7, 11) is 0. The molecule has 2 saturated heterocycles. The predicted octanol–water partition coefficient (Wildman–Crippen LogP) is 3.30. The second-order valence-corrected chi connectivity index (χ2v) is 11.1. The third-order valence-electron chi connectivity index (χ3n) is 8.19. The van der Waals surface area contributed by atoms with Gasteiger partial charge in [0, 0.05) is 50.4 Å². The largest absolute Gasteiger partial charge is 0.454 e. The third-order valence-corrected chi connectivity index (χ3v) is 8.43. The van der Waals surface area contributed by atoms with E-state index in [9.17, 15) is 14.4 Å². The minimum atomic E-state index is -1.07. The molecule has 0 N–H and O–H groups in total. The van der Waals surface area contributed by atoms with E-state index >= 15 is 0 Å². The third kappa shape index (κ3) is 4.44. The molecule has 6 rings (SSSR count). The minimum Gasteiger partial charge on any atom is -0.454 e. The zero-order valence-electron chi connectivity index (χ0n) is 21.1. The van der Waals surface area contributed by atoms with Crippen LogP contribution in [0.3, 0.4) is 0 Å². The molecule has 8 nitrogen and oxygen atoms in total. The lowest BCUT2D eigenvalue weighted by atomic mass is 9.54. The SMILES string of the molecule is CC(=O)O[C@]12C=C(C)[C@H](C(C)C1)C1C(=O)N(OCCCN3CCN(c4cccc(Cl)c4)CC3)C(=O)C12. The number of carbonyl (C=O) groups excluding carboxylic acids is 3. The van der Waals surface area contributed by atoms with Crippen LogP contribution in [0.15, 0.2) is 35.9 Å². The highest BCUT2D eigenvalue weighted by Gasteiger charge is 2.68. The summed E-state index contributed by atoms with van der Waals surface area (Å²) in [4.78, 5) is 49.1. The molecule has 2 amide bonds. The molecular weight excluding hydrogens is 482 g/mol. The first-order valence-corrected chi connectivity index (χ1v) is 13.2. The van der Waals surface area contributed by atoms with Crippen LogP contribution < -0.4 is 4.90 Å². The Morgan fingerprint density at radius 3 is 2.56 bits per heavy atom. The number of hydroxylamine groups is 2. The Balaban J connectivity index is 1.15. The van der Waals surface area contributed by atoms with Crippen molar-refractivity contribution in [3.8, 4) is 0 Å². The van der Waals surface area contributed by atoms with Crippen LogP contribution in [-0.2, 0) is 24.0 Å². The summed E-state index contributed by atoms with van der Waals surface area (Å²) in [6, 6.07) is 7.91. The van der Waals surface area contributed by atoms with Gasteiger partial charge < -0.3 is 9.64 Å². The standard InChI is InChI=1S/C27H34ClN3O5/c1-17-15-27(36-19(3)32)16-18(2)22(17)23-24(27)26(34)31(25(23)33)35-13-5-8-29-9-11-30(12-10-29)21-7-4-6-20(28)14-21/h4,6-7,14-15,18,22-24H,5,8-13,16H2,1-3H3/t18?,22-,23?,24?,27-/m1/s1. The van der Waals surface area contributed by atoms with Gasteiger partial charge in [0.1, 0.15) is 5.60 Å². The molecule has 1 aromatic carbocycles. The fourth-order valence-electron chi connectivity index (χ4n) is 6.89. The number of fused-ring (bicyclic) bond motifs is 1. The second kappa shape index (κ2) is 9.80. The molecule has 2 heterocycles. The number of ether oxygens (including phenoxy) is 1. The Labute approximate surface area is 217 Å². The van der Waals surface area contributed by atoms with Gasteiger partial charge in [0.05, 0.1) is 18.4 Å². The van der Waals surface area contributed by atoms with Gasteiger partial charge in [-0.2, -0.15) is 5.06 Å². The van der Waals surface area contributed by atoms with Crippen molar-refractivity contribution in [2.75, 3.05) is 44.2 Å². The second-order valence-electron chi connectivity index (χ2n) is 10.6. The maximum atomic E-state index is 13.4. The molecule has 2 bridgehead atoms. The van der Waals surface area contributed by atoms with E-state index in [1.54, 1.807) is 0 Å². The number of amides is 2. The smallest absolute Gasteiger partial charge is 0.303 e. The van der Waals surface area contributed by atoms with Crippen LogP contribution in [0.25, 0.3) is 0 Å². The Kier molecular flexibility index (Phi) is 6.87. The molecule has 5 atom stereocenters. The van der Waals surface area contributed by atoms with Crippen molar-refractivity contribution in [3.05, 3.63) is 40.9 Å². The van der Waals surface area contributed by atoms with Crippen LogP contribution >= 0.6 is 11.6 Å². The summed E-state index contributed by atoms with van der Waals surface area (Å²) in [5, 5.41) is 1.70. The number of hydrogen-bond donors (Lipinski definition) is 0. The molecule has 1 aromatic rings. The van der Waals surface area contributed by atoms with Gasteiger partial charge in [-0.25, -0.2) is 0 Å². The molecule has 3 fully saturated rings. The van der Waals surface area contributed by atoms with E-state index < -0.39 is 23.4 Å². The lowest BCUT2D eigenvalue weighted by Gasteiger charge is -2.52. The summed E-state index contributed by atoms with van der Waals surface area (Å²) < 4.78 is 5.75. The van der Waals surface area contributed by atoms with Crippen molar-refractivity contribution >= 4 is 35.1 Å². The lowest BCUT2D eigenvalue weighted by Crippen LogP contribution is -2.57. The number of carbonyl (C=O) groups is 3. The topological polar surface area (TPSA) is 79.4 Å². The summed E-state index contributed by atoms with van der Waals surface area (Å²) in [6.45, 7) is 10.1. The number of allylic oxidation sites excluding steroid dienone is 1. The van der Waals surface area contributed by atoms with Crippen LogP contribution in [0.2, 0.25) is 5.02 Å². The molecule has 3 unspecified atom stereocenters. The number of rotatable bonds is 7. The average molecular weight is 516 g/mol. The van der Waals surface area contributed by atoms with E-state index in [-0.39, 0.29) is 30.3 Å². The van der Waals surface area contributed by atoms with Gasteiger partial charge >= 0.3 is 5.97 Å². The van der Waals surface area contributed by atoms with Crippen LogP contribution in [0, 0.1) is 23.7 Å². The normalized spacial score (nSPS) is 32.1. The van der Waals surface area contributed by atoms with Crippen LogP contribution in [0.4, 0.5) is 5.69 Å². The molecule has 3 aliphatic carbocycles.